The molecule has 26 heavy (non-hydrogen) atoms. The molecule has 2 N–H and O–H groups in total. The first-order chi connectivity index (χ1) is 12.5. The Bertz CT molecular complexity index is 1000. The number of nitrogens with zero attached hydrogens (tertiary/aromatic N) is 3. The van der Waals surface area contributed by atoms with Crippen LogP contribution in [0.1, 0.15) is 12.5 Å². The number of hydrogen-bond donors (Lipinski definition) is 2. The molecule has 1 aromatic carbocycles. The van der Waals surface area contributed by atoms with Gasteiger partial charge in [0.25, 0.3) is 0 Å². The van der Waals surface area contributed by atoms with Crippen molar-refractivity contribution in [3.05, 3.63) is 47.4 Å². The van der Waals surface area contributed by atoms with Crippen LogP contribution in [0.2, 0.25) is 5.02 Å². The van der Waals surface area contributed by atoms with Crippen molar-refractivity contribution in [2.45, 2.75) is 12.5 Å². The van der Waals surface area contributed by atoms with E-state index in [1.165, 1.54) is 23.0 Å². The van der Waals surface area contributed by atoms with Crippen LogP contribution in [0.15, 0.2) is 41.0 Å². The monoisotopic (exact) mass is 375 g/mol. The first-order valence-electron chi connectivity index (χ1n) is 7.57. The molecule has 0 radical (unpaired) electrons. The van der Waals surface area contributed by atoms with E-state index in [2.05, 4.69) is 20.8 Å². The average molecular weight is 376 g/mol. The van der Waals surface area contributed by atoms with Gasteiger partial charge in [-0.1, -0.05) is 11.6 Å². The molecule has 1 aliphatic heterocycles. The van der Waals surface area contributed by atoms with Gasteiger partial charge >= 0.3 is 0 Å². The summed E-state index contributed by atoms with van der Waals surface area (Å²) in [4.78, 5) is 24.7. The second kappa shape index (κ2) is 6.26. The summed E-state index contributed by atoms with van der Waals surface area (Å²) in [5, 5.41) is 13.0. The normalized spacial score (nSPS) is 16.1. The molecule has 0 saturated heterocycles. The molecule has 0 bridgehead atoms. The first-order valence-corrected chi connectivity index (χ1v) is 7.95. The molecule has 3 heterocycles. The number of halogens is 2. The topological polar surface area (TPSA) is 102 Å². The van der Waals surface area contributed by atoms with Gasteiger partial charge in [-0.05, 0) is 30.3 Å². The van der Waals surface area contributed by atoms with E-state index in [0.29, 0.717) is 17.3 Å². The third kappa shape index (κ3) is 2.82. The first kappa shape index (κ1) is 16.3. The molecule has 2 aromatic heterocycles. The number of aromatic nitrogens is 3. The van der Waals surface area contributed by atoms with Crippen LogP contribution in [0.5, 0.6) is 0 Å². The predicted molar refractivity (Wildman–Crippen MR) is 90.0 cm³/mol. The Morgan fingerprint density at radius 2 is 2.23 bits per heavy atom. The van der Waals surface area contributed by atoms with Crippen molar-refractivity contribution in [2.75, 3.05) is 10.6 Å². The lowest BCUT2D eigenvalue weighted by molar-refractivity contribution is -0.125. The molecule has 132 valence electrons. The molecular weight excluding hydrogens is 365 g/mol. The highest BCUT2D eigenvalue weighted by molar-refractivity contribution is 6.31. The van der Waals surface area contributed by atoms with Gasteiger partial charge < -0.3 is 9.73 Å². The largest absolute Gasteiger partial charge is 0.461 e. The van der Waals surface area contributed by atoms with Crippen molar-refractivity contribution in [1.29, 1.82) is 0 Å². The maximum absolute atomic E-state index is 13.3. The number of hydrogen-bond acceptors (Lipinski definition) is 5. The summed E-state index contributed by atoms with van der Waals surface area (Å²) in [5.41, 5.74) is 0.307. The summed E-state index contributed by atoms with van der Waals surface area (Å²) in [7, 11) is 0. The zero-order chi connectivity index (χ0) is 18.3. The fourth-order valence-electron chi connectivity index (χ4n) is 2.70. The highest BCUT2D eigenvalue weighted by Gasteiger charge is 2.35. The number of carbonyl (C=O) groups is 2. The zero-order valence-corrected chi connectivity index (χ0v) is 13.8. The van der Waals surface area contributed by atoms with Crippen molar-refractivity contribution in [1.82, 2.24) is 14.8 Å². The van der Waals surface area contributed by atoms with Crippen LogP contribution in [-0.2, 0) is 9.59 Å². The Hall–Kier alpha value is -3.20. The molecule has 1 atom stereocenters. The maximum atomic E-state index is 13.3. The summed E-state index contributed by atoms with van der Waals surface area (Å²) >= 11 is 5.73. The lowest BCUT2D eigenvalue weighted by atomic mass is 10.1. The number of anilines is 2. The van der Waals surface area contributed by atoms with E-state index < -0.39 is 17.8 Å². The Morgan fingerprint density at radius 3 is 2.96 bits per heavy atom. The van der Waals surface area contributed by atoms with Crippen LogP contribution in [0, 0.1) is 5.82 Å². The highest BCUT2D eigenvalue weighted by atomic mass is 35.5. The van der Waals surface area contributed by atoms with Gasteiger partial charge in [-0.15, -0.1) is 10.2 Å². The molecule has 0 unspecified atom stereocenters. The predicted octanol–water partition coefficient (Wildman–Crippen LogP) is 2.85. The van der Waals surface area contributed by atoms with E-state index >= 15 is 0 Å². The second-order valence-corrected chi connectivity index (χ2v) is 5.99. The molecule has 0 spiro atoms. The summed E-state index contributed by atoms with van der Waals surface area (Å²) < 4.78 is 20.1. The van der Waals surface area contributed by atoms with Crippen molar-refractivity contribution < 1.29 is 18.4 Å². The molecule has 8 nitrogen and oxygen atoms in total. The van der Waals surface area contributed by atoms with Gasteiger partial charge in [0.15, 0.2) is 5.76 Å². The van der Waals surface area contributed by atoms with E-state index in [4.69, 9.17) is 16.0 Å². The zero-order valence-electron chi connectivity index (χ0n) is 13.1. The lowest BCUT2D eigenvalue weighted by Crippen LogP contribution is -2.35. The van der Waals surface area contributed by atoms with Gasteiger partial charge in [-0.2, -0.15) is 0 Å². The van der Waals surface area contributed by atoms with Crippen LogP contribution in [0.25, 0.3) is 11.6 Å². The SMILES string of the molecule is O=C1C[C@@H](C(=O)Nc2ccc(F)c(Cl)c2)n2c(nnc2-c2ccco2)N1. The van der Waals surface area contributed by atoms with Gasteiger partial charge in [-0.25, -0.2) is 4.39 Å². The van der Waals surface area contributed by atoms with Crippen LogP contribution in [0.4, 0.5) is 16.0 Å². The molecule has 4 rings (SSSR count). The van der Waals surface area contributed by atoms with E-state index in [-0.39, 0.29) is 23.3 Å². The van der Waals surface area contributed by atoms with Crippen LogP contribution in [-0.4, -0.2) is 26.6 Å². The standard InChI is InChI=1S/C16H11ClFN5O3/c17-9-6-8(3-4-10(9)18)19-15(25)11-7-13(24)20-16-22-21-14(23(11)16)12-2-1-5-26-12/h1-6,11H,7H2,(H,19,25)(H,20,22,24)/t11-/m0/s1. The number of rotatable bonds is 3. The summed E-state index contributed by atoms with van der Waals surface area (Å²) in [6.07, 6.45) is 1.35. The van der Waals surface area contributed by atoms with Crippen LogP contribution < -0.4 is 10.6 Å². The van der Waals surface area contributed by atoms with Crippen molar-refractivity contribution in [2.24, 2.45) is 0 Å². The van der Waals surface area contributed by atoms with Gasteiger partial charge in [0, 0.05) is 5.69 Å². The molecule has 3 aromatic rings. The molecule has 2 amide bonds. The Balaban J connectivity index is 1.68. The van der Waals surface area contributed by atoms with Gasteiger partial charge in [0.1, 0.15) is 11.9 Å². The summed E-state index contributed by atoms with van der Waals surface area (Å²) in [6.45, 7) is 0. The number of furan rings is 1. The van der Waals surface area contributed by atoms with Crippen LogP contribution >= 0.6 is 11.6 Å². The quantitative estimate of drug-likeness (QED) is 0.732. The molecule has 0 fully saturated rings. The molecule has 1 aliphatic rings. The highest BCUT2D eigenvalue weighted by Crippen LogP contribution is 2.31. The Morgan fingerprint density at radius 1 is 1.38 bits per heavy atom. The van der Waals surface area contributed by atoms with Crippen molar-refractivity contribution in [3.63, 3.8) is 0 Å². The Labute approximate surface area is 151 Å². The summed E-state index contributed by atoms with van der Waals surface area (Å²) in [6, 6.07) is 6.25. The Kier molecular flexibility index (Phi) is 3.92. The minimum absolute atomic E-state index is 0.112. The molecule has 0 aliphatic carbocycles. The van der Waals surface area contributed by atoms with Gasteiger partial charge in [0.2, 0.25) is 23.6 Å². The summed E-state index contributed by atoms with van der Waals surface area (Å²) in [5.74, 6) is -0.595. The van der Waals surface area contributed by atoms with E-state index in [1.54, 1.807) is 12.1 Å². The fraction of sp³-hybridized carbons (Fsp3) is 0.125. The van der Waals surface area contributed by atoms with E-state index in [0.717, 1.165) is 6.07 Å². The average Bonchev–Trinajstić information content (AvgIpc) is 3.26. The lowest BCUT2D eigenvalue weighted by Gasteiger charge is -2.24. The van der Waals surface area contributed by atoms with E-state index in [9.17, 15) is 14.0 Å². The smallest absolute Gasteiger partial charge is 0.248 e. The molecule has 0 saturated carbocycles. The van der Waals surface area contributed by atoms with E-state index in [1.807, 2.05) is 0 Å². The third-order valence-corrected chi connectivity index (χ3v) is 4.16. The second-order valence-electron chi connectivity index (χ2n) is 5.58. The van der Waals surface area contributed by atoms with Crippen LogP contribution in [0.3, 0.4) is 0 Å². The van der Waals surface area contributed by atoms with Gasteiger partial charge in [0.05, 0.1) is 17.7 Å². The number of nitrogens with one attached hydrogen (secondary N) is 2. The number of amides is 2. The van der Waals surface area contributed by atoms with Crippen molar-refractivity contribution in [3.8, 4) is 11.6 Å². The van der Waals surface area contributed by atoms with Gasteiger partial charge in [-0.3, -0.25) is 19.5 Å². The molecule has 10 heteroatoms. The maximum Gasteiger partial charge on any atom is 0.248 e. The number of benzene rings is 1. The fourth-order valence-corrected chi connectivity index (χ4v) is 2.88. The number of carbonyl (C=O) groups excluding carboxylic acids is 2. The molecular formula is C16H11ClFN5O3. The minimum atomic E-state index is -0.905. The minimum Gasteiger partial charge on any atom is -0.461 e. The van der Waals surface area contributed by atoms with Crippen molar-refractivity contribution >= 4 is 35.1 Å². The third-order valence-electron chi connectivity index (χ3n) is 3.87. The number of fused-ring (bicyclic) bond motifs is 1.